The van der Waals surface area contributed by atoms with Crippen molar-refractivity contribution in [3.05, 3.63) is 58.8 Å². The molecule has 2 aromatic rings. The van der Waals surface area contributed by atoms with Crippen LogP contribution in [0.15, 0.2) is 55.3 Å². The molecule has 2 N–H and O–H groups in total. The molecule has 0 saturated heterocycles. The molecule has 1 aromatic heterocycles. The maximum absolute atomic E-state index is 11.4. The number of hydrogen-bond acceptors (Lipinski definition) is 3. The lowest BCUT2D eigenvalue weighted by Gasteiger charge is -2.11. The SMILES string of the molecule is C=CC(=O)Nc1ccccc1Nc1cc(I)ccn1. The van der Waals surface area contributed by atoms with E-state index in [0.717, 1.165) is 15.1 Å². The number of anilines is 3. The molecule has 0 aliphatic rings. The summed E-state index contributed by atoms with van der Waals surface area (Å²) < 4.78 is 1.09. The monoisotopic (exact) mass is 365 g/mol. The van der Waals surface area contributed by atoms with Gasteiger partial charge in [0.2, 0.25) is 5.91 Å². The number of para-hydroxylation sites is 2. The molecule has 0 saturated carbocycles. The first kappa shape index (κ1) is 13.5. The molecule has 4 nitrogen and oxygen atoms in total. The second kappa shape index (κ2) is 6.33. The van der Waals surface area contributed by atoms with E-state index in [2.05, 4.69) is 44.8 Å². The Hall–Kier alpha value is -1.89. The molecular formula is C14H12IN3O. The zero-order valence-corrected chi connectivity index (χ0v) is 12.2. The average Bonchev–Trinajstić information content (AvgIpc) is 2.41. The van der Waals surface area contributed by atoms with E-state index in [0.29, 0.717) is 5.69 Å². The molecule has 1 heterocycles. The van der Waals surface area contributed by atoms with Gasteiger partial charge in [-0.2, -0.15) is 0 Å². The minimum Gasteiger partial charge on any atom is -0.339 e. The van der Waals surface area contributed by atoms with E-state index in [1.807, 2.05) is 36.4 Å². The van der Waals surface area contributed by atoms with Gasteiger partial charge in [0.25, 0.3) is 0 Å². The van der Waals surface area contributed by atoms with Crippen molar-refractivity contribution in [3.8, 4) is 0 Å². The van der Waals surface area contributed by atoms with Crippen molar-refractivity contribution in [1.29, 1.82) is 0 Å². The summed E-state index contributed by atoms with van der Waals surface area (Å²) in [6.07, 6.45) is 2.97. The molecule has 0 fully saturated rings. The van der Waals surface area contributed by atoms with Crippen LogP contribution in [-0.4, -0.2) is 10.9 Å². The highest BCUT2D eigenvalue weighted by Crippen LogP contribution is 2.24. The van der Waals surface area contributed by atoms with E-state index in [4.69, 9.17) is 0 Å². The smallest absolute Gasteiger partial charge is 0.247 e. The van der Waals surface area contributed by atoms with Crippen LogP contribution >= 0.6 is 22.6 Å². The lowest BCUT2D eigenvalue weighted by molar-refractivity contribution is -0.111. The summed E-state index contributed by atoms with van der Waals surface area (Å²) in [5.74, 6) is 0.483. The van der Waals surface area contributed by atoms with Gasteiger partial charge >= 0.3 is 0 Å². The van der Waals surface area contributed by atoms with Gasteiger partial charge < -0.3 is 10.6 Å². The van der Waals surface area contributed by atoms with E-state index in [-0.39, 0.29) is 5.91 Å². The number of halogens is 1. The summed E-state index contributed by atoms with van der Waals surface area (Å²) in [4.78, 5) is 15.6. The summed E-state index contributed by atoms with van der Waals surface area (Å²) in [7, 11) is 0. The summed E-state index contributed by atoms with van der Waals surface area (Å²) >= 11 is 2.22. The maximum atomic E-state index is 11.4. The molecule has 0 atom stereocenters. The number of benzene rings is 1. The van der Waals surface area contributed by atoms with Gasteiger partial charge in [0.1, 0.15) is 5.82 Å². The third-order valence-electron chi connectivity index (χ3n) is 2.36. The fraction of sp³-hybridized carbons (Fsp3) is 0. The Kier molecular flexibility index (Phi) is 4.51. The van der Waals surface area contributed by atoms with Gasteiger partial charge in [-0.15, -0.1) is 0 Å². The van der Waals surface area contributed by atoms with Crippen molar-refractivity contribution >= 4 is 45.7 Å². The average molecular weight is 365 g/mol. The second-order valence-corrected chi connectivity index (χ2v) is 4.97. The first-order valence-electron chi connectivity index (χ1n) is 5.60. The molecule has 0 aliphatic heterocycles. The molecule has 1 aromatic carbocycles. The fourth-order valence-electron chi connectivity index (χ4n) is 1.50. The van der Waals surface area contributed by atoms with Crippen molar-refractivity contribution in [3.63, 3.8) is 0 Å². The van der Waals surface area contributed by atoms with E-state index in [1.165, 1.54) is 6.08 Å². The number of rotatable bonds is 4. The summed E-state index contributed by atoms with van der Waals surface area (Å²) in [5.41, 5.74) is 1.47. The molecule has 0 aliphatic carbocycles. The maximum Gasteiger partial charge on any atom is 0.247 e. The largest absolute Gasteiger partial charge is 0.339 e. The lowest BCUT2D eigenvalue weighted by atomic mass is 10.2. The van der Waals surface area contributed by atoms with Gasteiger partial charge in [-0.05, 0) is 52.9 Å². The highest BCUT2D eigenvalue weighted by molar-refractivity contribution is 14.1. The summed E-state index contributed by atoms with van der Waals surface area (Å²) in [6.45, 7) is 3.44. The van der Waals surface area contributed by atoms with Crippen molar-refractivity contribution in [2.75, 3.05) is 10.6 Å². The highest BCUT2D eigenvalue weighted by atomic mass is 127. The number of nitrogens with one attached hydrogen (secondary N) is 2. The number of nitrogens with zero attached hydrogens (tertiary/aromatic N) is 1. The molecule has 5 heteroatoms. The Bertz CT molecular complexity index is 613. The van der Waals surface area contributed by atoms with E-state index in [9.17, 15) is 4.79 Å². The quantitative estimate of drug-likeness (QED) is 0.644. The van der Waals surface area contributed by atoms with Gasteiger partial charge in [-0.3, -0.25) is 4.79 Å². The number of aromatic nitrogens is 1. The number of carbonyl (C=O) groups is 1. The Morgan fingerprint density at radius 3 is 2.68 bits per heavy atom. The molecule has 0 spiro atoms. The van der Waals surface area contributed by atoms with Crippen LogP contribution in [0.2, 0.25) is 0 Å². The number of carbonyl (C=O) groups excluding carboxylic acids is 1. The summed E-state index contributed by atoms with van der Waals surface area (Å²) in [6, 6.07) is 11.3. The van der Waals surface area contributed by atoms with E-state index >= 15 is 0 Å². The zero-order valence-electron chi connectivity index (χ0n) is 10.1. The van der Waals surface area contributed by atoms with Crippen molar-refractivity contribution in [2.45, 2.75) is 0 Å². The van der Waals surface area contributed by atoms with Gasteiger partial charge in [0.15, 0.2) is 0 Å². The predicted octanol–water partition coefficient (Wildman–Crippen LogP) is 3.55. The number of hydrogen-bond donors (Lipinski definition) is 2. The van der Waals surface area contributed by atoms with Crippen LogP contribution in [0.3, 0.4) is 0 Å². The molecule has 1 amide bonds. The van der Waals surface area contributed by atoms with Crippen LogP contribution in [0.1, 0.15) is 0 Å². The number of pyridine rings is 1. The van der Waals surface area contributed by atoms with Gasteiger partial charge in [-0.25, -0.2) is 4.98 Å². The van der Waals surface area contributed by atoms with Gasteiger partial charge in [-0.1, -0.05) is 18.7 Å². The number of amides is 1. The molecule has 0 radical (unpaired) electrons. The third kappa shape index (κ3) is 3.78. The Balaban J connectivity index is 2.25. The normalized spacial score (nSPS) is 9.74. The second-order valence-electron chi connectivity index (χ2n) is 3.72. The fourth-order valence-corrected chi connectivity index (χ4v) is 1.95. The Morgan fingerprint density at radius 1 is 1.26 bits per heavy atom. The van der Waals surface area contributed by atoms with Crippen LogP contribution in [0.5, 0.6) is 0 Å². The first-order chi connectivity index (χ1) is 9.19. The predicted molar refractivity (Wildman–Crippen MR) is 85.5 cm³/mol. The minimum atomic E-state index is -0.246. The van der Waals surface area contributed by atoms with E-state index < -0.39 is 0 Å². The highest BCUT2D eigenvalue weighted by Gasteiger charge is 2.05. The Morgan fingerprint density at radius 2 is 2.00 bits per heavy atom. The lowest BCUT2D eigenvalue weighted by Crippen LogP contribution is -2.09. The molecule has 0 unspecified atom stereocenters. The molecular weight excluding hydrogens is 353 g/mol. The molecule has 19 heavy (non-hydrogen) atoms. The van der Waals surface area contributed by atoms with E-state index in [1.54, 1.807) is 6.20 Å². The minimum absolute atomic E-state index is 0.246. The van der Waals surface area contributed by atoms with Crippen LogP contribution in [0.4, 0.5) is 17.2 Å². The van der Waals surface area contributed by atoms with Crippen LogP contribution in [-0.2, 0) is 4.79 Å². The van der Waals surface area contributed by atoms with Gasteiger partial charge in [0.05, 0.1) is 11.4 Å². The van der Waals surface area contributed by atoms with Crippen molar-refractivity contribution < 1.29 is 4.79 Å². The Labute approximate surface area is 125 Å². The molecule has 2 rings (SSSR count). The molecule has 96 valence electrons. The van der Waals surface area contributed by atoms with Crippen LogP contribution in [0, 0.1) is 3.57 Å². The van der Waals surface area contributed by atoms with Crippen molar-refractivity contribution in [1.82, 2.24) is 4.98 Å². The summed E-state index contributed by atoms with van der Waals surface area (Å²) in [5, 5.41) is 5.92. The van der Waals surface area contributed by atoms with Crippen molar-refractivity contribution in [2.24, 2.45) is 0 Å². The van der Waals surface area contributed by atoms with Crippen LogP contribution in [0.25, 0.3) is 0 Å². The topological polar surface area (TPSA) is 54.0 Å². The standard InChI is InChI=1S/C14H12IN3O/c1-2-14(19)18-12-6-4-3-5-11(12)17-13-9-10(15)7-8-16-13/h2-9H,1H2,(H,16,17)(H,18,19). The van der Waals surface area contributed by atoms with Gasteiger partial charge in [0, 0.05) is 9.77 Å². The van der Waals surface area contributed by atoms with Crippen LogP contribution < -0.4 is 10.6 Å². The first-order valence-corrected chi connectivity index (χ1v) is 6.68. The zero-order chi connectivity index (χ0) is 13.7. The molecule has 0 bridgehead atoms. The third-order valence-corrected chi connectivity index (χ3v) is 3.03.